The minimum Gasteiger partial charge on any atom is -0.481 e. The third kappa shape index (κ3) is 4.67. The summed E-state index contributed by atoms with van der Waals surface area (Å²) in [7, 11) is -4.26. The van der Waals surface area contributed by atoms with Crippen LogP contribution in [0.5, 0.6) is 0 Å². The smallest absolute Gasteiger partial charge is 0.432 e. The van der Waals surface area contributed by atoms with Crippen molar-refractivity contribution in [3.05, 3.63) is 58.9 Å². The molecule has 2 heterocycles. The Morgan fingerprint density at radius 3 is 2.56 bits per heavy atom. The van der Waals surface area contributed by atoms with Crippen molar-refractivity contribution in [2.45, 2.75) is 23.2 Å². The van der Waals surface area contributed by atoms with Gasteiger partial charge >= 0.3 is 12.1 Å². The van der Waals surface area contributed by atoms with E-state index in [1.54, 1.807) is 0 Å². The van der Waals surface area contributed by atoms with Crippen LogP contribution in [0.15, 0.2) is 46.8 Å². The normalized spacial score (nSPS) is 12.9. The summed E-state index contributed by atoms with van der Waals surface area (Å²) >= 11 is 0.600. The minimum atomic E-state index is -4.90. The van der Waals surface area contributed by atoms with Gasteiger partial charge in [-0.15, -0.1) is 11.3 Å². The largest absolute Gasteiger partial charge is 0.481 e. The zero-order valence-electron chi connectivity index (χ0n) is 16.0. The van der Waals surface area contributed by atoms with Crippen molar-refractivity contribution in [3.63, 3.8) is 0 Å². The fourth-order valence-electron chi connectivity index (χ4n) is 2.90. The number of thiophene rings is 1. The van der Waals surface area contributed by atoms with E-state index in [0.29, 0.717) is 23.0 Å². The number of nitrogens with zero attached hydrogens (tertiary/aromatic N) is 1. The molecule has 0 fully saturated rings. The molecule has 0 unspecified atom stereocenters. The molecule has 3 rings (SSSR count). The number of fused-ring (bicyclic) bond motifs is 1. The van der Waals surface area contributed by atoms with Gasteiger partial charge in [0.15, 0.2) is 0 Å². The second-order valence-electron chi connectivity index (χ2n) is 6.64. The average molecular weight is 489 g/mol. The number of hydrogen-bond donors (Lipinski definition) is 3. The summed E-state index contributed by atoms with van der Waals surface area (Å²) < 4.78 is 78.4. The Bertz CT molecular complexity index is 1350. The number of aliphatic carboxylic acids is 1. The first-order valence-corrected chi connectivity index (χ1v) is 11.1. The SMILES string of the molecule is N=C(C=C(N)c1ccc(S(=O)(=O)n2cc(CCC(=O)O)c3cc(F)ccc32)s1)C(F)(F)F. The van der Waals surface area contributed by atoms with Gasteiger partial charge in [0, 0.05) is 18.0 Å². The number of aryl methyl sites for hydroxylation is 1. The lowest BCUT2D eigenvalue weighted by molar-refractivity contribution is -0.136. The molecule has 0 atom stereocenters. The molecule has 0 saturated carbocycles. The first-order chi connectivity index (χ1) is 14.8. The molecule has 3 aromatic rings. The zero-order chi connectivity index (χ0) is 23.8. The molecule has 0 aliphatic carbocycles. The molecule has 0 saturated heterocycles. The van der Waals surface area contributed by atoms with Gasteiger partial charge in [0.05, 0.1) is 16.1 Å². The van der Waals surface area contributed by atoms with Crippen LogP contribution in [0.2, 0.25) is 0 Å². The Hall–Kier alpha value is -3.19. The second kappa shape index (κ2) is 8.39. The fraction of sp³-hybridized carbons (Fsp3) is 0.158. The number of allylic oxidation sites excluding steroid dienone is 1. The van der Waals surface area contributed by atoms with Gasteiger partial charge in [0.1, 0.15) is 15.7 Å². The standard InChI is InChI=1S/C19H15F4N3O4S2/c20-11-2-3-14-12(7-11)10(1-5-17(27)28)9-26(14)32(29,30)18-6-4-15(31-18)13(24)8-16(25)19(21,22)23/h2-4,6-9,25H,1,5,24H2,(H,27,28). The van der Waals surface area contributed by atoms with Crippen molar-refractivity contribution in [2.75, 3.05) is 0 Å². The van der Waals surface area contributed by atoms with Crippen LogP contribution in [0.1, 0.15) is 16.9 Å². The van der Waals surface area contributed by atoms with E-state index in [1.807, 2.05) is 0 Å². The molecule has 13 heteroatoms. The summed E-state index contributed by atoms with van der Waals surface area (Å²) in [6, 6.07) is 5.75. The number of halogens is 4. The van der Waals surface area contributed by atoms with Gasteiger partial charge in [0.2, 0.25) is 0 Å². The molecule has 0 radical (unpaired) electrons. The van der Waals surface area contributed by atoms with Crippen LogP contribution in [0.3, 0.4) is 0 Å². The highest BCUT2D eigenvalue weighted by atomic mass is 32.2. The number of aromatic nitrogens is 1. The van der Waals surface area contributed by atoms with E-state index in [0.717, 1.165) is 22.2 Å². The van der Waals surface area contributed by atoms with Crippen LogP contribution in [0.4, 0.5) is 17.6 Å². The number of benzene rings is 1. The highest BCUT2D eigenvalue weighted by molar-refractivity contribution is 7.92. The molecule has 0 bridgehead atoms. The van der Waals surface area contributed by atoms with Gasteiger partial charge < -0.3 is 10.8 Å². The third-order valence-corrected chi connectivity index (χ3v) is 7.68. The number of carboxylic acids is 1. The van der Waals surface area contributed by atoms with Crippen LogP contribution in [-0.4, -0.2) is 35.4 Å². The number of carbonyl (C=O) groups is 1. The molecular weight excluding hydrogens is 474 g/mol. The van der Waals surface area contributed by atoms with Crippen LogP contribution in [-0.2, 0) is 21.2 Å². The summed E-state index contributed by atoms with van der Waals surface area (Å²) in [5, 5.41) is 16.1. The first-order valence-electron chi connectivity index (χ1n) is 8.80. The van der Waals surface area contributed by atoms with E-state index >= 15 is 0 Å². The number of carboxylic acid groups (broad SMARTS) is 1. The lowest BCUT2D eigenvalue weighted by Crippen LogP contribution is -2.20. The maximum absolute atomic E-state index is 13.7. The molecule has 170 valence electrons. The number of nitrogens with two attached hydrogens (primary N) is 1. The minimum absolute atomic E-state index is 0.00572. The van der Waals surface area contributed by atoms with Gasteiger partial charge in [-0.2, -0.15) is 21.6 Å². The molecule has 4 N–H and O–H groups in total. The monoisotopic (exact) mass is 489 g/mol. The molecule has 7 nitrogen and oxygen atoms in total. The summed E-state index contributed by atoms with van der Waals surface area (Å²) in [5.41, 5.74) is 3.90. The quantitative estimate of drug-likeness (QED) is 0.342. The lowest BCUT2D eigenvalue weighted by Gasteiger charge is -2.06. The molecule has 1 aromatic carbocycles. The van der Waals surface area contributed by atoms with Crippen molar-refractivity contribution in [2.24, 2.45) is 5.73 Å². The van der Waals surface area contributed by atoms with Crippen LogP contribution in [0, 0.1) is 11.2 Å². The van der Waals surface area contributed by atoms with Crippen LogP contribution in [0.25, 0.3) is 16.6 Å². The number of hydrogen-bond acceptors (Lipinski definition) is 6. The molecule has 0 aliphatic heterocycles. The van der Waals surface area contributed by atoms with E-state index in [4.69, 9.17) is 16.2 Å². The Labute approximate surface area is 182 Å². The Morgan fingerprint density at radius 2 is 1.94 bits per heavy atom. The molecule has 2 aromatic heterocycles. The summed E-state index contributed by atoms with van der Waals surface area (Å²) in [6.45, 7) is 0. The van der Waals surface area contributed by atoms with Gasteiger partial charge in [0.25, 0.3) is 10.0 Å². The topological polar surface area (TPSA) is 126 Å². The predicted molar refractivity (Wildman–Crippen MR) is 111 cm³/mol. The van der Waals surface area contributed by atoms with E-state index < -0.39 is 39.4 Å². The van der Waals surface area contributed by atoms with Gasteiger partial charge in [-0.25, -0.2) is 8.36 Å². The molecular formula is C19H15F4N3O4S2. The van der Waals surface area contributed by atoms with Crippen molar-refractivity contribution in [1.82, 2.24) is 3.97 Å². The third-order valence-electron chi connectivity index (χ3n) is 4.41. The number of rotatable bonds is 7. The van der Waals surface area contributed by atoms with Crippen molar-refractivity contribution < 1.29 is 35.9 Å². The highest BCUT2D eigenvalue weighted by Gasteiger charge is 2.33. The van der Waals surface area contributed by atoms with E-state index in [2.05, 4.69) is 0 Å². The lowest BCUT2D eigenvalue weighted by atomic mass is 10.1. The number of nitrogens with one attached hydrogen (secondary N) is 1. The Morgan fingerprint density at radius 1 is 1.25 bits per heavy atom. The van der Waals surface area contributed by atoms with Crippen molar-refractivity contribution in [3.8, 4) is 0 Å². The maximum atomic E-state index is 13.7. The summed E-state index contributed by atoms with van der Waals surface area (Å²) in [4.78, 5) is 10.9. The first kappa shape index (κ1) is 23.5. The predicted octanol–water partition coefficient (Wildman–Crippen LogP) is 3.98. The van der Waals surface area contributed by atoms with Crippen LogP contribution >= 0.6 is 11.3 Å². The molecule has 0 amide bonds. The highest BCUT2D eigenvalue weighted by Crippen LogP contribution is 2.32. The van der Waals surface area contributed by atoms with Crippen LogP contribution < -0.4 is 5.73 Å². The van der Waals surface area contributed by atoms with E-state index in [9.17, 15) is 30.8 Å². The Kier molecular flexibility index (Phi) is 6.15. The fourth-order valence-corrected chi connectivity index (χ4v) is 5.61. The van der Waals surface area contributed by atoms with Crippen molar-refractivity contribution in [1.29, 1.82) is 5.41 Å². The average Bonchev–Trinajstić information content (AvgIpc) is 3.31. The van der Waals surface area contributed by atoms with Gasteiger partial charge in [-0.05, 0) is 48.4 Å². The summed E-state index contributed by atoms with van der Waals surface area (Å²) in [6.07, 6.45) is -3.66. The second-order valence-corrected chi connectivity index (χ2v) is 9.77. The van der Waals surface area contributed by atoms with Crippen molar-refractivity contribution >= 4 is 49.6 Å². The number of alkyl halides is 3. The zero-order valence-corrected chi connectivity index (χ0v) is 17.6. The van der Waals surface area contributed by atoms with Gasteiger partial charge in [-0.1, -0.05) is 0 Å². The summed E-state index contributed by atoms with van der Waals surface area (Å²) in [5.74, 6) is -1.74. The maximum Gasteiger partial charge on any atom is 0.432 e. The molecule has 0 aliphatic rings. The van der Waals surface area contributed by atoms with E-state index in [1.165, 1.54) is 18.3 Å². The van der Waals surface area contributed by atoms with E-state index in [-0.39, 0.29) is 32.8 Å². The van der Waals surface area contributed by atoms with Gasteiger partial charge in [-0.3, -0.25) is 10.2 Å². The Balaban J connectivity index is 2.05. The molecule has 0 spiro atoms. The molecule has 32 heavy (non-hydrogen) atoms.